The van der Waals surface area contributed by atoms with Crippen LogP contribution in [0, 0.1) is 0 Å². The van der Waals surface area contributed by atoms with Crippen LogP contribution in [0.3, 0.4) is 0 Å². The highest BCUT2D eigenvalue weighted by Gasteiger charge is 2.07. The summed E-state index contributed by atoms with van der Waals surface area (Å²) in [6.07, 6.45) is 8.18. The van der Waals surface area contributed by atoms with Gasteiger partial charge in [0.05, 0.1) is 12.7 Å². The fourth-order valence-electron chi connectivity index (χ4n) is 1.43. The van der Waals surface area contributed by atoms with Gasteiger partial charge in [0.1, 0.15) is 12.2 Å². The minimum Gasteiger partial charge on any atom is -0.335 e. The molecule has 0 spiro atoms. The second kappa shape index (κ2) is 5.26. The molecule has 0 aliphatic rings. The summed E-state index contributed by atoms with van der Waals surface area (Å²) in [5, 5.41) is 10.5. The van der Waals surface area contributed by atoms with Crippen molar-refractivity contribution in [2.24, 2.45) is 7.05 Å². The van der Waals surface area contributed by atoms with Gasteiger partial charge in [0.2, 0.25) is 5.91 Å². The van der Waals surface area contributed by atoms with Crippen LogP contribution in [0.15, 0.2) is 24.8 Å². The van der Waals surface area contributed by atoms with E-state index in [0.717, 1.165) is 5.56 Å². The van der Waals surface area contributed by atoms with Crippen LogP contribution in [0.4, 0.5) is 0 Å². The van der Waals surface area contributed by atoms with Crippen LogP contribution in [0.25, 0.3) is 6.08 Å². The number of carbonyl (C=O) groups is 1. The number of rotatable bonds is 4. The molecule has 0 aliphatic heterocycles. The zero-order chi connectivity index (χ0) is 13.0. The molecule has 1 N–H and O–H groups in total. The van der Waals surface area contributed by atoms with Crippen LogP contribution in [0.2, 0.25) is 0 Å². The molecule has 7 heteroatoms. The Morgan fingerprint density at radius 2 is 2.44 bits per heavy atom. The van der Waals surface area contributed by atoms with Gasteiger partial charge in [0.15, 0.2) is 0 Å². The Balaban J connectivity index is 1.93. The van der Waals surface area contributed by atoms with Crippen molar-refractivity contribution in [2.75, 3.05) is 7.05 Å². The lowest BCUT2D eigenvalue weighted by molar-refractivity contribution is -0.125. The molecule has 0 aliphatic carbocycles. The van der Waals surface area contributed by atoms with Crippen LogP contribution in [0.1, 0.15) is 11.4 Å². The minimum atomic E-state index is -0.102. The molecule has 7 nitrogen and oxygen atoms in total. The molecule has 94 valence electrons. The highest BCUT2D eigenvalue weighted by Crippen LogP contribution is 2.01. The lowest BCUT2D eigenvalue weighted by Crippen LogP contribution is -2.24. The van der Waals surface area contributed by atoms with E-state index < -0.39 is 0 Å². The molecule has 2 rings (SSSR count). The number of H-pyrrole nitrogens is 1. The highest BCUT2D eigenvalue weighted by molar-refractivity contribution is 5.91. The lowest BCUT2D eigenvalue weighted by Gasteiger charge is -2.12. The van der Waals surface area contributed by atoms with E-state index in [0.29, 0.717) is 12.4 Å². The van der Waals surface area contributed by atoms with E-state index in [1.807, 2.05) is 13.2 Å². The molecular formula is C11H14N6O. The Morgan fingerprint density at radius 3 is 3.06 bits per heavy atom. The number of carbonyl (C=O) groups excluding carboxylic acids is 1. The highest BCUT2D eigenvalue weighted by atomic mass is 16.2. The number of hydrogen-bond acceptors (Lipinski definition) is 4. The largest absolute Gasteiger partial charge is 0.335 e. The Bertz CT molecular complexity index is 542. The Hall–Kier alpha value is -2.44. The van der Waals surface area contributed by atoms with Crippen LogP contribution in [0.5, 0.6) is 0 Å². The van der Waals surface area contributed by atoms with Crippen LogP contribution < -0.4 is 0 Å². The standard InChI is InChI=1S/C11H14N6O/c1-16(7-10-12-8-13-15-10)11(18)4-3-9-5-14-17(2)6-9/h3-6,8H,7H2,1-2H3,(H,12,13,15). The van der Waals surface area contributed by atoms with E-state index in [9.17, 15) is 4.79 Å². The van der Waals surface area contributed by atoms with Gasteiger partial charge in [0.25, 0.3) is 0 Å². The maximum atomic E-state index is 11.8. The number of aromatic amines is 1. The van der Waals surface area contributed by atoms with Crippen molar-refractivity contribution in [1.82, 2.24) is 29.9 Å². The lowest BCUT2D eigenvalue weighted by atomic mass is 10.3. The van der Waals surface area contributed by atoms with E-state index in [2.05, 4.69) is 20.3 Å². The van der Waals surface area contributed by atoms with Crippen molar-refractivity contribution >= 4 is 12.0 Å². The fraction of sp³-hybridized carbons (Fsp3) is 0.273. The topological polar surface area (TPSA) is 79.7 Å². The molecule has 0 saturated carbocycles. The van der Waals surface area contributed by atoms with Gasteiger partial charge in [-0.2, -0.15) is 10.2 Å². The summed E-state index contributed by atoms with van der Waals surface area (Å²) in [5.41, 5.74) is 0.888. The number of amides is 1. The number of nitrogens with one attached hydrogen (secondary N) is 1. The number of aromatic nitrogens is 5. The quantitative estimate of drug-likeness (QED) is 0.782. The molecule has 2 heterocycles. The van der Waals surface area contributed by atoms with E-state index >= 15 is 0 Å². The van der Waals surface area contributed by atoms with Crippen LogP contribution in [-0.4, -0.2) is 42.8 Å². The van der Waals surface area contributed by atoms with Crippen molar-refractivity contribution in [3.05, 3.63) is 36.2 Å². The third kappa shape index (κ3) is 3.03. The number of aryl methyl sites for hydroxylation is 1. The molecule has 0 bridgehead atoms. The molecule has 18 heavy (non-hydrogen) atoms. The third-order valence-corrected chi connectivity index (χ3v) is 2.37. The number of hydrogen-bond donors (Lipinski definition) is 1. The maximum Gasteiger partial charge on any atom is 0.246 e. The monoisotopic (exact) mass is 246 g/mol. The molecule has 0 unspecified atom stereocenters. The van der Waals surface area contributed by atoms with Crippen LogP contribution in [-0.2, 0) is 18.4 Å². The first-order valence-electron chi connectivity index (χ1n) is 5.41. The summed E-state index contributed by atoms with van der Waals surface area (Å²) in [6.45, 7) is 0.399. The summed E-state index contributed by atoms with van der Waals surface area (Å²) < 4.78 is 1.68. The van der Waals surface area contributed by atoms with Gasteiger partial charge in [0, 0.05) is 31.9 Å². The molecule has 0 aromatic carbocycles. The normalized spacial score (nSPS) is 11.0. The average Bonchev–Trinajstić information content (AvgIpc) is 2.97. The zero-order valence-corrected chi connectivity index (χ0v) is 10.2. The maximum absolute atomic E-state index is 11.8. The Labute approximate surface area is 104 Å². The minimum absolute atomic E-state index is 0.102. The molecule has 0 radical (unpaired) electrons. The van der Waals surface area contributed by atoms with Gasteiger partial charge >= 0.3 is 0 Å². The first-order valence-corrected chi connectivity index (χ1v) is 5.41. The Kier molecular flexibility index (Phi) is 3.52. The summed E-state index contributed by atoms with van der Waals surface area (Å²) in [5.74, 6) is 0.552. The summed E-state index contributed by atoms with van der Waals surface area (Å²) in [4.78, 5) is 17.3. The number of nitrogens with zero attached hydrogens (tertiary/aromatic N) is 5. The molecule has 2 aromatic heterocycles. The van der Waals surface area contributed by atoms with E-state index in [1.54, 1.807) is 28.9 Å². The number of likely N-dealkylation sites (N-methyl/N-ethyl adjacent to an activating group) is 1. The van der Waals surface area contributed by atoms with Crippen molar-refractivity contribution in [2.45, 2.75) is 6.54 Å². The smallest absolute Gasteiger partial charge is 0.246 e. The van der Waals surface area contributed by atoms with Crippen molar-refractivity contribution in [3.63, 3.8) is 0 Å². The summed E-state index contributed by atoms with van der Waals surface area (Å²) in [7, 11) is 3.54. The molecular weight excluding hydrogens is 232 g/mol. The third-order valence-electron chi connectivity index (χ3n) is 2.37. The predicted molar refractivity (Wildman–Crippen MR) is 65.1 cm³/mol. The van der Waals surface area contributed by atoms with Gasteiger partial charge < -0.3 is 4.90 Å². The zero-order valence-electron chi connectivity index (χ0n) is 10.2. The summed E-state index contributed by atoms with van der Waals surface area (Å²) >= 11 is 0. The molecule has 0 atom stereocenters. The van der Waals surface area contributed by atoms with Crippen molar-refractivity contribution < 1.29 is 4.79 Å². The molecule has 1 amide bonds. The van der Waals surface area contributed by atoms with Gasteiger partial charge in [-0.05, 0) is 6.08 Å². The van der Waals surface area contributed by atoms with E-state index in [4.69, 9.17) is 0 Å². The Morgan fingerprint density at radius 1 is 1.61 bits per heavy atom. The first-order chi connectivity index (χ1) is 8.65. The van der Waals surface area contributed by atoms with Gasteiger partial charge in [-0.15, -0.1) is 0 Å². The SMILES string of the molecule is CN(Cc1ncn[nH]1)C(=O)C=Cc1cnn(C)c1. The molecule has 2 aromatic rings. The molecule has 0 fully saturated rings. The van der Waals surface area contributed by atoms with Crippen molar-refractivity contribution in [1.29, 1.82) is 0 Å². The van der Waals surface area contributed by atoms with Crippen molar-refractivity contribution in [3.8, 4) is 0 Å². The first kappa shape index (κ1) is 12.0. The molecule has 0 saturated heterocycles. The predicted octanol–water partition coefficient (Wildman–Crippen LogP) is 0.210. The summed E-state index contributed by atoms with van der Waals surface area (Å²) in [6, 6.07) is 0. The van der Waals surface area contributed by atoms with Gasteiger partial charge in [-0.25, -0.2) is 4.98 Å². The van der Waals surface area contributed by atoms with E-state index in [1.165, 1.54) is 12.4 Å². The second-order valence-corrected chi connectivity index (χ2v) is 3.91. The average molecular weight is 246 g/mol. The van der Waals surface area contributed by atoms with Gasteiger partial charge in [-0.3, -0.25) is 14.6 Å². The second-order valence-electron chi connectivity index (χ2n) is 3.91. The van der Waals surface area contributed by atoms with E-state index in [-0.39, 0.29) is 5.91 Å². The van der Waals surface area contributed by atoms with Crippen LogP contribution >= 0.6 is 0 Å². The fourth-order valence-corrected chi connectivity index (χ4v) is 1.43. The van der Waals surface area contributed by atoms with Gasteiger partial charge in [-0.1, -0.05) is 0 Å².